The molecule has 0 saturated heterocycles. The molecular weight excluding hydrogens is 548 g/mol. The first-order valence-electron chi connectivity index (χ1n) is 14.7. The van der Waals surface area contributed by atoms with E-state index in [1.807, 2.05) is 98.8 Å². The number of amides is 4. The first-order valence-corrected chi connectivity index (χ1v) is 14.7. The van der Waals surface area contributed by atoms with Gasteiger partial charge < -0.3 is 0 Å². The Balaban J connectivity index is 1.20. The molecule has 44 heavy (non-hydrogen) atoms. The van der Waals surface area contributed by atoms with Gasteiger partial charge in [-0.3, -0.25) is 29.0 Å². The van der Waals surface area contributed by atoms with Crippen molar-refractivity contribution in [2.24, 2.45) is 0 Å². The summed E-state index contributed by atoms with van der Waals surface area (Å²) in [5.74, 6) is -1.78. The average Bonchev–Trinajstić information content (AvgIpc) is 3.05. The average molecular weight is 575 g/mol. The Bertz CT molecular complexity index is 2040. The zero-order valence-electron chi connectivity index (χ0n) is 24.1. The van der Waals surface area contributed by atoms with Crippen LogP contribution in [-0.4, -0.2) is 33.4 Å². The van der Waals surface area contributed by atoms with Crippen molar-refractivity contribution in [1.29, 1.82) is 0 Å². The fourth-order valence-corrected chi connectivity index (χ4v) is 6.85. The third kappa shape index (κ3) is 3.61. The molecule has 6 nitrogen and oxygen atoms in total. The molecule has 2 aliphatic heterocycles. The van der Waals surface area contributed by atoms with E-state index >= 15 is 0 Å². The van der Waals surface area contributed by atoms with Crippen LogP contribution in [0.5, 0.6) is 0 Å². The SMILES string of the molecule is CC(c1ccc2ccccc2c1)N1C(=O)c2ccc3c4c(ccc(c24)C1=O)C(=O)N(C(C)c1ccc2ccccc2c1)C3=O. The van der Waals surface area contributed by atoms with Gasteiger partial charge in [-0.2, -0.15) is 0 Å². The molecule has 6 aromatic rings. The monoisotopic (exact) mass is 574 g/mol. The summed E-state index contributed by atoms with van der Waals surface area (Å²) in [5, 5.41) is 4.93. The molecule has 2 unspecified atom stereocenters. The van der Waals surface area contributed by atoms with Crippen LogP contribution in [-0.2, 0) is 0 Å². The van der Waals surface area contributed by atoms with Crippen molar-refractivity contribution in [1.82, 2.24) is 9.80 Å². The van der Waals surface area contributed by atoms with Crippen molar-refractivity contribution in [3.05, 3.63) is 143 Å². The minimum atomic E-state index is -0.531. The van der Waals surface area contributed by atoms with Gasteiger partial charge in [0, 0.05) is 33.0 Å². The maximum atomic E-state index is 14.0. The Morgan fingerprint density at radius 1 is 0.409 bits per heavy atom. The Morgan fingerprint density at radius 3 is 1.07 bits per heavy atom. The molecule has 0 spiro atoms. The third-order valence-electron chi connectivity index (χ3n) is 9.24. The van der Waals surface area contributed by atoms with Crippen LogP contribution in [0.25, 0.3) is 32.3 Å². The van der Waals surface area contributed by atoms with E-state index in [1.54, 1.807) is 24.3 Å². The molecule has 8 rings (SSSR count). The predicted octanol–water partition coefficient (Wildman–Crippen LogP) is 7.86. The Morgan fingerprint density at radius 2 is 0.727 bits per heavy atom. The van der Waals surface area contributed by atoms with E-state index in [-0.39, 0.29) is 0 Å². The molecule has 0 fully saturated rings. The van der Waals surface area contributed by atoms with Gasteiger partial charge in [0.2, 0.25) is 0 Å². The molecule has 0 bridgehead atoms. The van der Waals surface area contributed by atoms with E-state index in [1.165, 1.54) is 9.80 Å². The van der Waals surface area contributed by atoms with Gasteiger partial charge in [-0.1, -0.05) is 72.8 Å². The molecule has 2 atom stereocenters. The molecule has 2 heterocycles. The minimum absolute atomic E-state index is 0.310. The molecular formula is C38H26N2O4. The highest BCUT2D eigenvalue weighted by Crippen LogP contribution is 2.41. The summed E-state index contributed by atoms with van der Waals surface area (Å²) in [7, 11) is 0. The zero-order chi connectivity index (χ0) is 30.3. The number of benzene rings is 6. The second-order valence-corrected chi connectivity index (χ2v) is 11.6. The lowest BCUT2D eigenvalue weighted by Gasteiger charge is -2.36. The first-order chi connectivity index (χ1) is 21.3. The third-order valence-corrected chi connectivity index (χ3v) is 9.24. The Labute approximate surface area is 253 Å². The molecule has 0 N–H and O–H groups in total. The molecule has 6 aromatic carbocycles. The fourth-order valence-electron chi connectivity index (χ4n) is 6.85. The number of rotatable bonds is 4. The van der Waals surface area contributed by atoms with Crippen LogP contribution in [0.15, 0.2) is 109 Å². The lowest BCUT2D eigenvalue weighted by Crippen LogP contribution is -2.44. The largest absolute Gasteiger partial charge is 0.269 e. The molecule has 0 saturated carbocycles. The summed E-state index contributed by atoms with van der Waals surface area (Å²) in [6.07, 6.45) is 0. The van der Waals surface area contributed by atoms with Gasteiger partial charge in [0.25, 0.3) is 23.6 Å². The van der Waals surface area contributed by atoms with Crippen LogP contribution in [0.2, 0.25) is 0 Å². The second-order valence-electron chi connectivity index (χ2n) is 11.6. The molecule has 6 heteroatoms. The number of fused-ring (bicyclic) bond motifs is 2. The number of carbonyl (C=O) groups excluding carboxylic acids is 4. The number of imide groups is 2. The highest BCUT2D eigenvalue weighted by Gasteiger charge is 2.42. The van der Waals surface area contributed by atoms with E-state index in [9.17, 15) is 19.2 Å². The smallest absolute Gasteiger partial charge is 0.261 e. The van der Waals surface area contributed by atoms with Crippen molar-refractivity contribution in [2.45, 2.75) is 25.9 Å². The van der Waals surface area contributed by atoms with Gasteiger partial charge in [0.1, 0.15) is 0 Å². The lowest BCUT2D eigenvalue weighted by atomic mass is 9.84. The van der Waals surface area contributed by atoms with Crippen LogP contribution in [0.1, 0.15) is 78.5 Å². The number of nitrogens with zero attached hydrogens (tertiary/aromatic N) is 2. The molecule has 4 amide bonds. The van der Waals surface area contributed by atoms with Gasteiger partial charge in [0.15, 0.2) is 0 Å². The lowest BCUT2D eigenvalue weighted by molar-refractivity contribution is 0.0527. The standard InChI is InChI=1S/C38H26N2O4/c1-21(25-13-11-23-7-3-5-9-27(23)19-25)39-35(41)29-15-17-31-34-32(18-16-30(33(29)34)36(39)42)38(44)40(37(31)43)22(2)26-14-12-24-8-4-6-10-28(24)20-26/h3-22H,1-2H3. The topological polar surface area (TPSA) is 74.8 Å². The first kappa shape index (κ1) is 26.0. The van der Waals surface area contributed by atoms with Crippen LogP contribution in [0.3, 0.4) is 0 Å². The normalized spacial score (nSPS) is 15.9. The quantitative estimate of drug-likeness (QED) is 0.201. The van der Waals surface area contributed by atoms with E-state index in [0.717, 1.165) is 32.7 Å². The van der Waals surface area contributed by atoms with Crippen molar-refractivity contribution in [2.75, 3.05) is 0 Å². The zero-order valence-corrected chi connectivity index (χ0v) is 24.1. The summed E-state index contributed by atoms with van der Waals surface area (Å²) in [6, 6.07) is 33.1. The fraction of sp³-hybridized carbons (Fsp3) is 0.105. The van der Waals surface area contributed by atoms with Gasteiger partial charge in [0.05, 0.1) is 12.1 Å². The minimum Gasteiger partial charge on any atom is -0.269 e. The second kappa shape index (κ2) is 9.44. The van der Waals surface area contributed by atoms with E-state index in [4.69, 9.17) is 0 Å². The van der Waals surface area contributed by atoms with Crippen molar-refractivity contribution >= 4 is 55.9 Å². The number of carbonyl (C=O) groups is 4. The predicted molar refractivity (Wildman–Crippen MR) is 170 cm³/mol. The van der Waals surface area contributed by atoms with Crippen molar-refractivity contribution < 1.29 is 19.2 Å². The maximum absolute atomic E-state index is 14.0. The van der Waals surface area contributed by atoms with Crippen LogP contribution in [0.4, 0.5) is 0 Å². The molecule has 2 aliphatic rings. The van der Waals surface area contributed by atoms with Gasteiger partial charge >= 0.3 is 0 Å². The van der Waals surface area contributed by atoms with Gasteiger partial charge in [-0.05, 0) is 82.9 Å². The molecule has 0 radical (unpaired) electrons. The highest BCUT2D eigenvalue weighted by atomic mass is 16.2. The maximum Gasteiger partial charge on any atom is 0.261 e. The Kier molecular flexibility index (Phi) is 5.59. The van der Waals surface area contributed by atoms with Crippen molar-refractivity contribution in [3.63, 3.8) is 0 Å². The van der Waals surface area contributed by atoms with Crippen molar-refractivity contribution in [3.8, 4) is 0 Å². The number of hydrogen-bond acceptors (Lipinski definition) is 4. The van der Waals surface area contributed by atoms with E-state index in [0.29, 0.717) is 33.0 Å². The summed E-state index contributed by atoms with van der Waals surface area (Å²) >= 11 is 0. The highest BCUT2D eigenvalue weighted by molar-refractivity contribution is 6.33. The summed E-state index contributed by atoms with van der Waals surface area (Å²) < 4.78 is 0. The van der Waals surface area contributed by atoms with E-state index in [2.05, 4.69) is 0 Å². The van der Waals surface area contributed by atoms with Gasteiger partial charge in [-0.15, -0.1) is 0 Å². The number of hydrogen-bond donors (Lipinski definition) is 0. The summed E-state index contributed by atoms with van der Waals surface area (Å²) in [5.41, 5.74) is 2.91. The summed E-state index contributed by atoms with van der Waals surface area (Å²) in [6.45, 7) is 3.68. The Hall–Kier alpha value is -5.62. The van der Waals surface area contributed by atoms with Crippen LogP contribution < -0.4 is 0 Å². The summed E-state index contributed by atoms with van der Waals surface area (Å²) in [4.78, 5) is 58.5. The van der Waals surface area contributed by atoms with Crippen LogP contribution in [0, 0.1) is 0 Å². The van der Waals surface area contributed by atoms with Gasteiger partial charge in [-0.25, -0.2) is 0 Å². The molecule has 212 valence electrons. The molecule has 0 aliphatic carbocycles. The molecule has 0 aromatic heterocycles. The van der Waals surface area contributed by atoms with Crippen LogP contribution >= 0.6 is 0 Å². The van der Waals surface area contributed by atoms with E-state index < -0.39 is 35.7 Å².